The highest BCUT2D eigenvalue weighted by atomic mass is 19.1. The Hall–Kier alpha value is -2.63. The molecule has 6 heteroatoms. The minimum absolute atomic E-state index is 0.135. The number of benzene rings is 1. The molecule has 122 valence electrons. The SMILES string of the molecule is COc1ccc(C(=O)N(c2ccc(OC)c(F)c2)C(C)C)cn1. The van der Waals surface area contributed by atoms with Crippen molar-refractivity contribution < 1.29 is 18.7 Å². The van der Waals surface area contributed by atoms with Crippen LogP contribution in [0.15, 0.2) is 36.5 Å². The van der Waals surface area contributed by atoms with Crippen LogP contribution in [0.5, 0.6) is 11.6 Å². The highest BCUT2D eigenvalue weighted by Crippen LogP contribution is 2.26. The quantitative estimate of drug-likeness (QED) is 0.849. The number of aromatic nitrogens is 1. The fourth-order valence-corrected chi connectivity index (χ4v) is 2.22. The molecule has 0 radical (unpaired) electrons. The van der Waals surface area contributed by atoms with Gasteiger partial charge in [0.15, 0.2) is 11.6 Å². The Bertz CT molecular complexity index is 687. The molecule has 1 amide bonds. The van der Waals surface area contributed by atoms with Crippen molar-refractivity contribution in [1.29, 1.82) is 0 Å². The predicted molar refractivity (Wildman–Crippen MR) is 85.7 cm³/mol. The number of hydrogen-bond donors (Lipinski definition) is 0. The summed E-state index contributed by atoms with van der Waals surface area (Å²) >= 11 is 0. The first kappa shape index (κ1) is 16.7. The van der Waals surface area contributed by atoms with Gasteiger partial charge in [-0.1, -0.05) is 0 Å². The summed E-state index contributed by atoms with van der Waals surface area (Å²) in [6.45, 7) is 3.72. The van der Waals surface area contributed by atoms with Gasteiger partial charge in [0.05, 0.1) is 19.8 Å². The van der Waals surface area contributed by atoms with Crippen LogP contribution in [0.2, 0.25) is 0 Å². The van der Waals surface area contributed by atoms with Crippen molar-refractivity contribution >= 4 is 11.6 Å². The number of hydrogen-bond acceptors (Lipinski definition) is 4. The highest BCUT2D eigenvalue weighted by Gasteiger charge is 2.22. The molecule has 0 fully saturated rings. The van der Waals surface area contributed by atoms with Crippen LogP contribution in [0.1, 0.15) is 24.2 Å². The summed E-state index contributed by atoms with van der Waals surface area (Å²) < 4.78 is 23.8. The van der Waals surface area contributed by atoms with Gasteiger partial charge in [0.25, 0.3) is 5.91 Å². The second-order valence-corrected chi connectivity index (χ2v) is 5.18. The normalized spacial score (nSPS) is 10.5. The number of anilines is 1. The van der Waals surface area contributed by atoms with Crippen LogP contribution in [0, 0.1) is 5.82 Å². The Morgan fingerprint density at radius 1 is 1.17 bits per heavy atom. The maximum atomic E-state index is 13.9. The Morgan fingerprint density at radius 3 is 2.39 bits per heavy atom. The van der Waals surface area contributed by atoms with Crippen molar-refractivity contribution in [2.24, 2.45) is 0 Å². The summed E-state index contributed by atoms with van der Waals surface area (Å²) in [5.41, 5.74) is 0.856. The minimum atomic E-state index is -0.517. The number of carbonyl (C=O) groups is 1. The molecule has 0 spiro atoms. The molecule has 0 aliphatic rings. The van der Waals surface area contributed by atoms with E-state index in [1.54, 1.807) is 18.2 Å². The first-order valence-electron chi connectivity index (χ1n) is 7.15. The average molecular weight is 318 g/mol. The van der Waals surface area contributed by atoms with Crippen molar-refractivity contribution in [1.82, 2.24) is 4.98 Å². The summed E-state index contributed by atoms with van der Waals surface area (Å²) in [4.78, 5) is 18.3. The van der Waals surface area contributed by atoms with Gasteiger partial charge in [-0.3, -0.25) is 4.79 Å². The molecule has 0 atom stereocenters. The highest BCUT2D eigenvalue weighted by molar-refractivity contribution is 6.06. The molecule has 0 saturated heterocycles. The minimum Gasteiger partial charge on any atom is -0.494 e. The van der Waals surface area contributed by atoms with Crippen LogP contribution < -0.4 is 14.4 Å². The van der Waals surface area contributed by atoms with E-state index < -0.39 is 5.82 Å². The average Bonchev–Trinajstić information content (AvgIpc) is 2.55. The zero-order valence-electron chi connectivity index (χ0n) is 13.5. The lowest BCUT2D eigenvalue weighted by atomic mass is 10.1. The molecule has 0 saturated carbocycles. The summed E-state index contributed by atoms with van der Waals surface area (Å²) in [5, 5.41) is 0. The number of amides is 1. The molecule has 5 nitrogen and oxygen atoms in total. The maximum absolute atomic E-state index is 13.9. The molecule has 0 aliphatic carbocycles. The zero-order chi connectivity index (χ0) is 17.0. The van der Waals surface area contributed by atoms with Gasteiger partial charge in [0.1, 0.15) is 0 Å². The molecule has 0 aliphatic heterocycles. The van der Waals surface area contributed by atoms with Crippen LogP contribution >= 0.6 is 0 Å². The van der Waals surface area contributed by atoms with Gasteiger partial charge in [0, 0.05) is 30.1 Å². The van der Waals surface area contributed by atoms with Gasteiger partial charge in [-0.05, 0) is 32.0 Å². The fraction of sp³-hybridized carbons (Fsp3) is 0.294. The van der Waals surface area contributed by atoms with Crippen LogP contribution in [0.3, 0.4) is 0 Å². The smallest absolute Gasteiger partial charge is 0.260 e. The molecule has 2 rings (SSSR count). The number of ether oxygens (including phenoxy) is 2. The van der Waals surface area contributed by atoms with Gasteiger partial charge < -0.3 is 14.4 Å². The van der Waals surface area contributed by atoms with Gasteiger partial charge in [0.2, 0.25) is 5.88 Å². The number of nitrogens with zero attached hydrogens (tertiary/aromatic N) is 2. The van der Waals surface area contributed by atoms with Crippen LogP contribution in [0.25, 0.3) is 0 Å². The number of halogens is 1. The standard InChI is InChI=1S/C17H19FN2O3/c1-11(2)20(13-6-7-15(22-3)14(18)9-13)17(21)12-5-8-16(23-4)19-10-12/h5-11H,1-4H3. The molecule has 0 unspecified atom stereocenters. The summed E-state index contributed by atoms with van der Waals surface area (Å²) in [6, 6.07) is 7.52. The van der Waals surface area contributed by atoms with Crippen molar-refractivity contribution in [2.75, 3.05) is 19.1 Å². The molecule has 1 heterocycles. The van der Waals surface area contributed by atoms with Crippen molar-refractivity contribution in [3.8, 4) is 11.6 Å². The van der Waals surface area contributed by atoms with Crippen LogP contribution in [0.4, 0.5) is 10.1 Å². The first-order chi connectivity index (χ1) is 11.0. The Labute approximate surface area is 134 Å². The summed E-state index contributed by atoms with van der Waals surface area (Å²) in [7, 11) is 2.90. The van der Waals surface area contributed by atoms with E-state index in [1.807, 2.05) is 13.8 Å². The number of pyridine rings is 1. The van der Waals surface area contributed by atoms with Crippen molar-refractivity contribution in [2.45, 2.75) is 19.9 Å². The Kier molecular flexibility index (Phi) is 5.16. The van der Waals surface area contributed by atoms with Gasteiger partial charge in [-0.25, -0.2) is 9.37 Å². The number of rotatable bonds is 5. The Balaban J connectivity index is 2.37. The molecule has 23 heavy (non-hydrogen) atoms. The van der Waals surface area contributed by atoms with Gasteiger partial charge >= 0.3 is 0 Å². The lowest BCUT2D eigenvalue weighted by Crippen LogP contribution is -2.37. The number of carbonyl (C=O) groups excluding carboxylic acids is 1. The largest absolute Gasteiger partial charge is 0.494 e. The van der Waals surface area contributed by atoms with E-state index in [9.17, 15) is 9.18 Å². The predicted octanol–water partition coefficient (Wildman–Crippen LogP) is 3.29. The fourth-order valence-electron chi connectivity index (χ4n) is 2.22. The topological polar surface area (TPSA) is 51.7 Å². The molecule has 0 bridgehead atoms. The maximum Gasteiger partial charge on any atom is 0.260 e. The second-order valence-electron chi connectivity index (χ2n) is 5.18. The summed E-state index contributed by atoms with van der Waals surface area (Å²) in [5.74, 6) is -0.222. The van der Waals surface area contributed by atoms with E-state index in [0.29, 0.717) is 17.1 Å². The molecule has 1 aromatic carbocycles. The van der Waals surface area contributed by atoms with Gasteiger partial charge in [-0.2, -0.15) is 0 Å². The first-order valence-corrected chi connectivity index (χ1v) is 7.15. The van der Waals surface area contributed by atoms with Crippen LogP contribution in [-0.2, 0) is 0 Å². The van der Waals surface area contributed by atoms with E-state index in [4.69, 9.17) is 9.47 Å². The zero-order valence-corrected chi connectivity index (χ0v) is 13.5. The van der Waals surface area contributed by atoms with Crippen molar-refractivity contribution in [3.05, 3.63) is 47.9 Å². The number of methoxy groups -OCH3 is 2. The molecule has 0 N–H and O–H groups in total. The van der Waals surface area contributed by atoms with Gasteiger partial charge in [-0.15, -0.1) is 0 Å². The molecular weight excluding hydrogens is 299 g/mol. The lowest BCUT2D eigenvalue weighted by molar-refractivity contribution is 0.0980. The second kappa shape index (κ2) is 7.09. The molecule has 2 aromatic rings. The lowest BCUT2D eigenvalue weighted by Gasteiger charge is -2.27. The molecule has 1 aromatic heterocycles. The third-order valence-electron chi connectivity index (χ3n) is 3.34. The van der Waals surface area contributed by atoms with E-state index in [1.165, 1.54) is 37.4 Å². The van der Waals surface area contributed by atoms with Crippen molar-refractivity contribution in [3.63, 3.8) is 0 Å². The Morgan fingerprint density at radius 2 is 1.91 bits per heavy atom. The van der Waals surface area contributed by atoms with Crippen LogP contribution in [-0.4, -0.2) is 31.2 Å². The summed E-state index contributed by atoms with van der Waals surface area (Å²) in [6.07, 6.45) is 1.44. The monoisotopic (exact) mass is 318 g/mol. The third-order valence-corrected chi connectivity index (χ3v) is 3.34. The van der Waals surface area contributed by atoms with E-state index in [2.05, 4.69) is 4.98 Å². The molecular formula is C17H19FN2O3. The van der Waals surface area contributed by atoms with E-state index in [-0.39, 0.29) is 17.7 Å². The third kappa shape index (κ3) is 3.59. The van der Waals surface area contributed by atoms with E-state index >= 15 is 0 Å². The van der Waals surface area contributed by atoms with E-state index in [0.717, 1.165) is 0 Å².